The van der Waals surface area contributed by atoms with Crippen molar-refractivity contribution in [3.8, 4) is 0 Å². The molecule has 17 heavy (non-hydrogen) atoms. The van der Waals surface area contributed by atoms with E-state index in [1.807, 2.05) is 26.0 Å². The molecule has 0 heterocycles. The maximum absolute atomic E-state index is 12.0. The van der Waals surface area contributed by atoms with Crippen molar-refractivity contribution < 1.29 is 9.53 Å². The summed E-state index contributed by atoms with van der Waals surface area (Å²) in [6.45, 7) is 5.10. The molecule has 0 fully saturated rings. The van der Waals surface area contributed by atoms with Crippen LogP contribution in [-0.4, -0.2) is 37.1 Å². The predicted molar refractivity (Wildman–Crippen MR) is 71.7 cm³/mol. The van der Waals surface area contributed by atoms with Gasteiger partial charge in [-0.05, 0) is 32.0 Å². The first-order chi connectivity index (χ1) is 8.00. The van der Waals surface area contributed by atoms with Crippen molar-refractivity contribution in [2.45, 2.75) is 24.8 Å². The van der Waals surface area contributed by atoms with Crippen LogP contribution in [0.1, 0.15) is 24.2 Å². The Hall–Kier alpha value is -1.00. The first kappa shape index (κ1) is 14.1. The first-order valence-electron chi connectivity index (χ1n) is 5.67. The van der Waals surface area contributed by atoms with Crippen LogP contribution >= 0.6 is 12.6 Å². The summed E-state index contributed by atoms with van der Waals surface area (Å²) in [6, 6.07) is 7.24. The summed E-state index contributed by atoms with van der Waals surface area (Å²) in [7, 11) is 1.78. The van der Waals surface area contributed by atoms with Gasteiger partial charge in [0.15, 0.2) is 0 Å². The quantitative estimate of drug-likeness (QED) is 0.817. The van der Waals surface area contributed by atoms with Gasteiger partial charge >= 0.3 is 0 Å². The second-order valence-corrected chi connectivity index (χ2v) is 4.71. The minimum atomic E-state index is -0.00624. The largest absolute Gasteiger partial charge is 0.377 e. The Morgan fingerprint density at radius 3 is 2.76 bits per heavy atom. The zero-order valence-corrected chi connectivity index (χ0v) is 11.4. The van der Waals surface area contributed by atoms with E-state index < -0.39 is 0 Å². The molecule has 0 saturated heterocycles. The Labute approximate surface area is 108 Å². The predicted octanol–water partition coefficient (Wildman–Crippen LogP) is 2.47. The number of carbonyl (C=O) groups is 1. The Morgan fingerprint density at radius 1 is 1.47 bits per heavy atom. The molecular weight excluding hydrogens is 234 g/mol. The highest BCUT2D eigenvalue weighted by atomic mass is 32.1. The molecule has 0 atom stereocenters. The molecule has 94 valence electrons. The van der Waals surface area contributed by atoms with Crippen molar-refractivity contribution in [3.63, 3.8) is 0 Å². The summed E-state index contributed by atoms with van der Waals surface area (Å²) in [5.74, 6) is -0.00624. The lowest BCUT2D eigenvalue weighted by Gasteiger charge is -2.18. The molecule has 0 aliphatic carbocycles. The third kappa shape index (κ3) is 4.79. The van der Waals surface area contributed by atoms with E-state index in [1.54, 1.807) is 24.1 Å². The fourth-order valence-corrected chi connectivity index (χ4v) is 1.61. The third-order valence-corrected chi connectivity index (χ3v) is 2.60. The summed E-state index contributed by atoms with van der Waals surface area (Å²) < 4.78 is 5.41. The average Bonchev–Trinajstić information content (AvgIpc) is 2.27. The lowest BCUT2D eigenvalue weighted by molar-refractivity contribution is 0.0532. The molecule has 1 amide bonds. The van der Waals surface area contributed by atoms with Crippen LogP contribution in [0, 0.1) is 0 Å². The van der Waals surface area contributed by atoms with E-state index in [1.165, 1.54) is 0 Å². The smallest absolute Gasteiger partial charge is 0.253 e. The van der Waals surface area contributed by atoms with Gasteiger partial charge in [0.25, 0.3) is 5.91 Å². The highest BCUT2D eigenvalue weighted by Crippen LogP contribution is 2.10. The molecule has 1 aromatic carbocycles. The summed E-state index contributed by atoms with van der Waals surface area (Å²) in [4.78, 5) is 14.5. The zero-order chi connectivity index (χ0) is 12.8. The molecule has 1 rings (SSSR count). The second-order valence-electron chi connectivity index (χ2n) is 4.20. The number of benzene rings is 1. The molecule has 0 aliphatic heterocycles. The Morgan fingerprint density at radius 2 is 2.18 bits per heavy atom. The molecule has 0 aliphatic rings. The van der Waals surface area contributed by atoms with Crippen LogP contribution in [0.3, 0.4) is 0 Å². The fourth-order valence-electron chi connectivity index (χ4n) is 1.39. The van der Waals surface area contributed by atoms with Crippen molar-refractivity contribution in [3.05, 3.63) is 29.8 Å². The van der Waals surface area contributed by atoms with Gasteiger partial charge in [-0.15, -0.1) is 12.6 Å². The van der Waals surface area contributed by atoms with E-state index in [0.717, 1.165) is 4.90 Å². The number of ether oxygens (including phenoxy) is 1. The normalized spacial score (nSPS) is 10.6. The second kappa shape index (κ2) is 6.67. The average molecular weight is 253 g/mol. The Kier molecular flexibility index (Phi) is 5.51. The van der Waals surface area contributed by atoms with Gasteiger partial charge in [-0.25, -0.2) is 0 Å². The van der Waals surface area contributed by atoms with E-state index in [-0.39, 0.29) is 12.0 Å². The van der Waals surface area contributed by atoms with E-state index in [0.29, 0.717) is 18.7 Å². The highest BCUT2D eigenvalue weighted by Gasteiger charge is 2.11. The van der Waals surface area contributed by atoms with Crippen LogP contribution < -0.4 is 0 Å². The van der Waals surface area contributed by atoms with E-state index in [2.05, 4.69) is 12.6 Å². The SMILES string of the molecule is CC(C)OCCN(C)C(=O)c1cccc(S)c1. The Balaban J connectivity index is 2.52. The molecule has 1 aromatic rings. The summed E-state index contributed by atoms with van der Waals surface area (Å²) in [5.41, 5.74) is 0.657. The monoisotopic (exact) mass is 253 g/mol. The molecule has 0 spiro atoms. The molecule has 0 radical (unpaired) electrons. The number of hydrogen-bond acceptors (Lipinski definition) is 3. The van der Waals surface area contributed by atoms with Crippen molar-refractivity contribution in [1.29, 1.82) is 0 Å². The van der Waals surface area contributed by atoms with Gasteiger partial charge in [0.1, 0.15) is 0 Å². The minimum absolute atomic E-state index is 0.00624. The molecule has 0 unspecified atom stereocenters. The highest BCUT2D eigenvalue weighted by molar-refractivity contribution is 7.80. The van der Waals surface area contributed by atoms with Gasteiger partial charge in [-0.2, -0.15) is 0 Å². The van der Waals surface area contributed by atoms with Crippen LogP contribution in [0.15, 0.2) is 29.2 Å². The van der Waals surface area contributed by atoms with Gasteiger partial charge in [0, 0.05) is 24.1 Å². The molecule has 0 aromatic heterocycles. The van der Waals surface area contributed by atoms with Gasteiger partial charge in [-0.1, -0.05) is 6.07 Å². The van der Waals surface area contributed by atoms with Crippen molar-refractivity contribution in [2.75, 3.05) is 20.2 Å². The first-order valence-corrected chi connectivity index (χ1v) is 6.11. The number of amides is 1. The number of nitrogens with zero attached hydrogens (tertiary/aromatic N) is 1. The maximum Gasteiger partial charge on any atom is 0.253 e. The molecule has 0 N–H and O–H groups in total. The lowest BCUT2D eigenvalue weighted by atomic mass is 10.2. The molecule has 3 nitrogen and oxygen atoms in total. The van der Waals surface area contributed by atoms with Crippen molar-refractivity contribution in [1.82, 2.24) is 4.90 Å². The van der Waals surface area contributed by atoms with Gasteiger partial charge < -0.3 is 9.64 Å². The standard InChI is InChI=1S/C13H19NO2S/c1-10(2)16-8-7-14(3)13(15)11-5-4-6-12(17)9-11/h4-6,9-10,17H,7-8H2,1-3H3. The van der Waals surface area contributed by atoms with Gasteiger partial charge in [0.2, 0.25) is 0 Å². The number of rotatable bonds is 5. The summed E-state index contributed by atoms with van der Waals surface area (Å²) in [6.07, 6.45) is 0.194. The minimum Gasteiger partial charge on any atom is -0.377 e. The van der Waals surface area contributed by atoms with Crippen molar-refractivity contribution in [2.24, 2.45) is 0 Å². The van der Waals surface area contributed by atoms with E-state index >= 15 is 0 Å². The maximum atomic E-state index is 12.0. The topological polar surface area (TPSA) is 29.5 Å². The van der Waals surface area contributed by atoms with Gasteiger partial charge in [-0.3, -0.25) is 4.79 Å². The van der Waals surface area contributed by atoms with Crippen LogP contribution in [0.2, 0.25) is 0 Å². The van der Waals surface area contributed by atoms with Gasteiger partial charge in [0.05, 0.1) is 12.7 Å². The van der Waals surface area contributed by atoms with Crippen LogP contribution in [0.25, 0.3) is 0 Å². The summed E-state index contributed by atoms with van der Waals surface area (Å²) in [5, 5.41) is 0. The van der Waals surface area contributed by atoms with Crippen LogP contribution in [0.5, 0.6) is 0 Å². The number of thiol groups is 1. The number of likely N-dealkylation sites (N-methyl/N-ethyl adjacent to an activating group) is 1. The molecule has 4 heteroatoms. The van der Waals surface area contributed by atoms with Crippen LogP contribution in [-0.2, 0) is 4.74 Å². The molecule has 0 bridgehead atoms. The number of carbonyl (C=O) groups excluding carboxylic acids is 1. The lowest BCUT2D eigenvalue weighted by Crippen LogP contribution is -2.30. The Bertz CT molecular complexity index is 379. The zero-order valence-electron chi connectivity index (χ0n) is 10.5. The third-order valence-electron chi connectivity index (χ3n) is 2.32. The summed E-state index contributed by atoms with van der Waals surface area (Å²) >= 11 is 4.22. The van der Waals surface area contributed by atoms with E-state index in [9.17, 15) is 4.79 Å². The number of hydrogen-bond donors (Lipinski definition) is 1. The molecule has 0 saturated carbocycles. The molecular formula is C13H19NO2S. The van der Waals surface area contributed by atoms with Crippen molar-refractivity contribution >= 4 is 18.5 Å². The van der Waals surface area contributed by atoms with Crippen LogP contribution in [0.4, 0.5) is 0 Å². The van der Waals surface area contributed by atoms with E-state index in [4.69, 9.17) is 4.74 Å². The fraction of sp³-hybridized carbons (Fsp3) is 0.462.